The zero-order valence-electron chi connectivity index (χ0n) is 10.9. The van der Waals surface area contributed by atoms with Crippen LogP contribution in [0.1, 0.15) is 42.6 Å². The first-order valence-corrected chi connectivity index (χ1v) is 7.04. The molecule has 19 heavy (non-hydrogen) atoms. The van der Waals surface area contributed by atoms with E-state index >= 15 is 0 Å². The number of nitrogens with zero attached hydrogens (tertiary/aromatic N) is 1. The average Bonchev–Trinajstić information content (AvgIpc) is 2.46. The molecule has 1 aromatic rings. The number of amides is 1. The summed E-state index contributed by atoms with van der Waals surface area (Å²) in [6.45, 7) is 0.618. The molecular formula is C14H19ClN2O2. The molecule has 0 spiro atoms. The summed E-state index contributed by atoms with van der Waals surface area (Å²) < 4.78 is 0. The van der Waals surface area contributed by atoms with Gasteiger partial charge in [0, 0.05) is 23.2 Å². The minimum absolute atomic E-state index is 0.121. The van der Waals surface area contributed by atoms with Crippen LogP contribution in [0, 0.1) is 5.41 Å². The van der Waals surface area contributed by atoms with Crippen molar-refractivity contribution in [2.75, 3.05) is 13.2 Å². The Morgan fingerprint density at radius 2 is 2.16 bits per heavy atom. The van der Waals surface area contributed by atoms with Crippen LogP contribution in [0.4, 0.5) is 0 Å². The number of halogens is 1. The van der Waals surface area contributed by atoms with E-state index in [9.17, 15) is 9.90 Å². The number of aliphatic hydroxyl groups is 1. The number of nitrogens with one attached hydrogen (secondary N) is 1. The molecule has 0 radical (unpaired) electrons. The Hall–Kier alpha value is -1.13. The van der Waals surface area contributed by atoms with Crippen LogP contribution in [0.3, 0.4) is 0 Å². The van der Waals surface area contributed by atoms with Crippen LogP contribution in [-0.4, -0.2) is 29.1 Å². The largest absolute Gasteiger partial charge is 0.396 e. The molecule has 1 aliphatic rings. The highest BCUT2D eigenvalue weighted by Crippen LogP contribution is 2.35. The Kier molecular flexibility index (Phi) is 4.77. The molecule has 1 amide bonds. The highest BCUT2D eigenvalue weighted by molar-refractivity contribution is 6.30. The highest BCUT2D eigenvalue weighted by atomic mass is 35.5. The quantitative estimate of drug-likeness (QED) is 0.891. The maximum Gasteiger partial charge on any atom is 0.269 e. The van der Waals surface area contributed by atoms with Crippen LogP contribution in [0.2, 0.25) is 5.02 Å². The minimum atomic E-state index is -0.235. The van der Waals surface area contributed by atoms with Gasteiger partial charge < -0.3 is 10.4 Å². The van der Waals surface area contributed by atoms with Crippen LogP contribution in [0.15, 0.2) is 18.3 Å². The molecule has 0 aromatic carbocycles. The second-order valence-electron chi connectivity index (χ2n) is 5.26. The fourth-order valence-corrected chi connectivity index (χ4v) is 2.74. The lowest BCUT2D eigenvalue weighted by atomic mass is 9.74. The summed E-state index contributed by atoms with van der Waals surface area (Å²) in [5, 5.41) is 12.9. The van der Waals surface area contributed by atoms with Gasteiger partial charge in [0.15, 0.2) is 0 Å². The predicted molar refractivity (Wildman–Crippen MR) is 74.2 cm³/mol. The molecule has 0 atom stereocenters. The lowest BCUT2D eigenvalue weighted by Crippen LogP contribution is -2.41. The Bertz CT molecular complexity index is 445. The van der Waals surface area contributed by atoms with E-state index in [1.807, 2.05) is 0 Å². The molecule has 104 valence electrons. The first-order valence-electron chi connectivity index (χ1n) is 6.66. The molecule has 1 heterocycles. The molecule has 0 aliphatic heterocycles. The lowest BCUT2D eigenvalue weighted by Gasteiger charge is -2.35. The summed E-state index contributed by atoms with van der Waals surface area (Å²) in [4.78, 5) is 16.0. The third-order valence-corrected chi connectivity index (χ3v) is 4.06. The highest BCUT2D eigenvalue weighted by Gasteiger charge is 2.31. The van der Waals surface area contributed by atoms with Crippen LogP contribution < -0.4 is 5.32 Å². The molecule has 0 saturated heterocycles. The Morgan fingerprint density at radius 3 is 2.79 bits per heavy atom. The summed E-state index contributed by atoms with van der Waals surface area (Å²) in [6, 6.07) is 3.18. The molecule has 2 rings (SSSR count). The molecule has 0 bridgehead atoms. The Balaban J connectivity index is 1.95. The van der Waals surface area contributed by atoms with Crippen molar-refractivity contribution in [1.82, 2.24) is 10.3 Å². The third-order valence-electron chi connectivity index (χ3n) is 3.83. The van der Waals surface area contributed by atoms with E-state index in [-0.39, 0.29) is 17.9 Å². The fourth-order valence-electron chi connectivity index (χ4n) is 2.58. The van der Waals surface area contributed by atoms with Crippen LogP contribution in [0.5, 0.6) is 0 Å². The zero-order valence-corrected chi connectivity index (χ0v) is 11.6. The smallest absolute Gasteiger partial charge is 0.269 e. The first-order chi connectivity index (χ1) is 9.15. The first kappa shape index (κ1) is 14.3. The van der Waals surface area contributed by atoms with Gasteiger partial charge in [-0.2, -0.15) is 0 Å². The van der Waals surface area contributed by atoms with Gasteiger partial charge in [-0.3, -0.25) is 9.78 Å². The number of aromatic nitrogens is 1. The van der Waals surface area contributed by atoms with Crippen LogP contribution in [0.25, 0.3) is 0 Å². The van der Waals surface area contributed by atoms with E-state index in [4.69, 9.17) is 11.6 Å². The maximum atomic E-state index is 12.0. The van der Waals surface area contributed by atoms with Gasteiger partial charge in [0.25, 0.3) is 5.91 Å². The van der Waals surface area contributed by atoms with Crippen LogP contribution in [-0.2, 0) is 0 Å². The van der Waals surface area contributed by atoms with Crippen molar-refractivity contribution in [3.05, 3.63) is 29.0 Å². The zero-order chi connectivity index (χ0) is 13.7. The van der Waals surface area contributed by atoms with Crippen molar-refractivity contribution >= 4 is 17.5 Å². The van der Waals surface area contributed by atoms with Crippen molar-refractivity contribution < 1.29 is 9.90 Å². The molecule has 0 unspecified atom stereocenters. The number of carbonyl (C=O) groups is 1. The van der Waals surface area contributed by atoms with Crippen molar-refractivity contribution in [3.63, 3.8) is 0 Å². The van der Waals surface area contributed by atoms with Gasteiger partial charge in [-0.15, -0.1) is 0 Å². The molecule has 5 heteroatoms. The number of aliphatic hydroxyl groups excluding tert-OH is 1. The standard InChI is InChI=1S/C14H19ClN2O2/c15-11-4-7-16-12(8-11)13(19)17-9-14(10-18)5-2-1-3-6-14/h4,7-8,18H,1-3,5-6,9-10H2,(H,17,19). The van der Waals surface area contributed by atoms with Gasteiger partial charge in [0.05, 0.1) is 6.61 Å². The van der Waals surface area contributed by atoms with E-state index in [1.165, 1.54) is 12.6 Å². The van der Waals surface area contributed by atoms with Crippen molar-refractivity contribution in [3.8, 4) is 0 Å². The number of rotatable bonds is 4. The van der Waals surface area contributed by atoms with Gasteiger partial charge >= 0.3 is 0 Å². The van der Waals surface area contributed by atoms with E-state index in [0.717, 1.165) is 25.7 Å². The summed E-state index contributed by atoms with van der Waals surface area (Å²) in [6.07, 6.45) is 6.89. The van der Waals surface area contributed by atoms with Gasteiger partial charge in [0.2, 0.25) is 0 Å². The van der Waals surface area contributed by atoms with Crippen molar-refractivity contribution in [1.29, 1.82) is 0 Å². The Labute approximate surface area is 118 Å². The van der Waals surface area contributed by atoms with Crippen LogP contribution >= 0.6 is 11.6 Å². The van der Waals surface area contributed by atoms with Gasteiger partial charge in [-0.1, -0.05) is 30.9 Å². The summed E-state index contributed by atoms with van der Waals surface area (Å²) in [7, 11) is 0. The summed E-state index contributed by atoms with van der Waals surface area (Å²) >= 11 is 5.83. The second kappa shape index (κ2) is 6.35. The number of hydrogen-bond acceptors (Lipinski definition) is 3. The minimum Gasteiger partial charge on any atom is -0.396 e. The maximum absolute atomic E-state index is 12.0. The topological polar surface area (TPSA) is 62.2 Å². The lowest BCUT2D eigenvalue weighted by molar-refractivity contribution is 0.0715. The average molecular weight is 283 g/mol. The van der Waals surface area contributed by atoms with Gasteiger partial charge in [-0.25, -0.2) is 0 Å². The number of hydrogen-bond donors (Lipinski definition) is 2. The second-order valence-corrected chi connectivity index (χ2v) is 5.70. The monoisotopic (exact) mass is 282 g/mol. The molecule has 1 fully saturated rings. The molecule has 1 saturated carbocycles. The molecule has 2 N–H and O–H groups in total. The van der Waals surface area contributed by atoms with E-state index in [2.05, 4.69) is 10.3 Å². The summed E-state index contributed by atoms with van der Waals surface area (Å²) in [5.41, 5.74) is 0.156. The predicted octanol–water partition coefficient (Wildman–Crippen LogP) is 2.41. The van der Waals surface area contributed by atoms with Gasteiger partial charge in [0.1, 0.15) is 5.69 Å². The fraction of sp³-hybridized carbons (Fsp3) is 0.571. The van der Waals surface area contributed by atoms with E-state index < -0.39 is 0 Å². The van der Waals surface area contributed by atoms with Crippen molar-refractivity contribution in [2.45, 2.75) is 32.1 Å². The molecule has 1 aromatic heterocycles. The van der Waals surface area contributed by atoms with Crippen molar-refractivity contribution in [2.24, 2.45) is 5.41 Å². The van der Waals surface area contributed by atoms with E-state index in [0.29, 0.717) is 17.3 Å². The normalized spacial score (nSPS) is 18.0. The number of carbonyl (C=O) groups excluding carboxylic acids is 1. The van der Waals surface area contributed by atoms with E-state index in [1.54, 1.807) is 12.1 Å². The molecular weight excluding hydrogens is 264 g/mol. The molecule has 4 nitrogen and oxygen atoms in total. The number of pyridine rings is 1. The Morgan fingerprint density at radius 1 is 1.42 bits per heavy atom. The third kappa shape index (κ3) is 3.67. The molecule has 1 aliphatic carbocycles. The summed E-state index contributed by atoms with van der Waals surface area (Å²) in [5.74, 6) is -0.235. The van der Waals surface area contributed by atoms with Gasteiger partial charge in [-0.05, 0) is 25.0 Å². The SMILES string of the molecule is O=C(NCC1(CO)CCCCC1)c1cc(Cl)ccn1.